The quantitative estimate of drug-likeness (QED) is 0.776. The van der Waals surface area contributed by atoms with Crippen LogP contribution in [0.4, 0.5) is 0 Å². The number of piperazine rings is 1. The lowest BCUT2D eigenvalue weighted by molar-refractivity contribution is -0.130. The summed E-state index contributed by atoms with van der Waals surface area (Å²) in [6.07, 6.45) is 0. The van der Waals surface area contributed by atoms with Gasteiger partial charge < -0.3 is 15.5 Å². The predicted octanol–water partition coefficient (Wildman–Crippen LogP) is 0.671. The maximum atomic E-state index is 12.5. The van der Waals surface area contributed by atoms with Crippen LogP contribution in [-0.2, 0) is 4.79 Å². The molecule has 2 rings (SSSR count). The van der Waals surface area contributed by atoms with Gasteiger partial charge in [-0.1, -0.05) is 11.8 Å². The highest BCUT2D eigenvalue weighted by atomic mass is 32.1. The smallest absolute Gasteiger partial charge is 0.264 e. The van der Waals surface area contributed by atoms with E-state index in [0.717, 1.165) is 10.4 Å². The monoisotopic (exact) mass is 305 g/mol. The minimum Gasteiger partial charge on any atom is -0.339 e. The molecule has 0 atom stereocenters. The third-order valence-corrected chi connectivity index (χ3v) is 4.59. The van der Waals surface area contributed by atoms with E-state index in [1.54, 1.807) is 16.7 Å². The summed E-state index contributed by atoms with van der Waals surface area (Å²) in [4.78, 5) is 28.9. The Labute approximate surface area is 128 Å². The fraction of sp³-hybridized carbons (Fsp3) is 0.467. The summed E-state index contributed by atoms with van der Waals surface area (Å²) >= 11 is 1.41. The minimum absolute atomic E-state index is 0.0205. The molecule has 1 aliphatic rings. The first kappa shape index (κ1) is 15.5. The van der Waals surface area contributed by atoms with Crippen molar-refractivity contribution in [2.45, 2.75) is 13.8 Å². The van der Waals surface area contributed by atoms with Gasteiger partial charge in [0.05, 0.1) is 16.3 Å². The second-order valence-corrected chi connectivity index (χ2v) is 5.98. The Morgan fingerprint density at radius 3 is 2.48 bits per heavy atom. The second kappa shape index (κ2) is 6.74. The van der Waals surface area contributed by atoms with Crippen molar-refractivity contribution < 1.29 is 9.59 Å². The van der Waals surface area contributed by atoms with E-state index in [9.17, 15) is 9.59 Å². The SMILES string of the molecule is CC(=O)N1CCN(C(=O)c2cc(C)c(C#CCN)s2)CC1. The number of hydrogen-bond donors (Lipinski definition) is 1. The van der Waals surface area contributed by atoms with Crippen molar-refractivity contribution in [3.8, 4) is 11.8 Å². The number of aryl methyl sites for hydroxylation is 1. The van der Waals surface area contributed by atoms with Gasteiger partial charge in [0.15, 0.2) is 0 Å². The molecule has 1 saturated heterocycles. The fourth-order valence-corrected chi connectivity index (χ4v) is 3.24. The Balaban J connectivity index is 2.06. The largest absolute Gasteiger partial charge is 0.339 e. The lowest BCUT2D eigenvalue weighted by Crippen LogP contribution is -2.49. The standard InChI is InChI=1S/C15H19N3O2S/c1-11-10-14(21-13(11)4-3-5-16)15(20)18-8-6-17(7-9-18)12(2)19/h10H,5-9,16H2,1-2H3. The van der Waals surface area contributed by atoms with E-state index in [1.807, 2.05) is 13.0 Å². The van der Waals surface area contributed by atoms with E-state index < -0.39 is 0 Å². The van der Waals surface area contributed by atoms with Gasteiger partial charge in [-0.25, -0.2) is 0 Å². The van der Waals surface area contributed by atoms with Crippen LogP contribution in [0.2, 0.25) is 0 Å². The normalized spacial score (nSPS) is 14.6. The summed E-state index contributed by atoms with van der Waals surface area (Å²) in [6.45, 7) is 6.19. The molecular formula is C15H19N3O2S. The highest BCUT2D eigenvalue weighted by Crippen LogP contribution is 2.23. The fourth-order valence-electron chi connectivity index (χ4n) is 2.22. The first-order chi connectivity index (χ1) is 10.0. The predicted molar refractivity (Wildman–Crippen MR) is 83.1 cm³/mol. The third-order valence-electron chi connectivity index (χ3n) is 3.44. The molecule has 5 nitrogen and oxygen atoms in total. The zero-order valence-electron chi connectivity index (χ0n) is 12.3. The van der Waals surface area contributed by atoms with Crippen molar-refractivity contribution in [3.05, 3.63) is 21.4 Å². The van der Waals surface area contributed by atoms with E-state index in [1.165, 1.54) is 11.3 Å². The molecule has 1 aliphatic heterocycles. The molecule has 0 bridgehead atoms. The lowest BCUT2D eigenvalue weighted by atomic mass is 10.2. The van der Waals surface area contributed by atoms with Crippen LogP contribution >= 0.6 is 11.3 Å². The molecule has 0 aliphatic carbocycles. The Bertz CT molecular complexity index is 604. The Hall–Kier alpha value is -1.84. The van der Waals surface area contributed by atoms with Crippen LogP contribution in [0.25, 0.3) is 0 Å². The summed E-state index contributed by atoms with van der Waals surface area (Å²) in [5, 5.41) is 0. The Kier molecular flexibility index (Phi) is 4.99. The van der Waals surface area contributed by atoms with Crippen molar-refractivity contribution in [1.82, 2.24) is 9.80 Å². The molecule has 1 aromatic rings. The topological polar surface area (TPSA) is 66.6 Å². The van der Waals surface area contributed by atoms with Gasteiger partial charge in [-0.15, -0.1) is 11.3 Å². The molecule has 112 valence electrons. The van der Waals surface area contributed by atoms with Crippen molar-refractivity contribution in [2.75, 3.05) is 32.7 Å². The van der Waals surface area contributed by atoms with Gasteiger partial charge in [-0.05, 0) is 18.6 Å². The molecule has 6 heteroatoms. The van der Waals surface area contributed by atoms with Crippen LogP contribution in [0.15, 0.2) is 6.07 Å². The average molecular weight is 305 g/mol. The average Bonchev–Trinajstić information content (AvgIpc) is 2.85. The first-order valence-electron chi connectivity index (χ1n) is 6.87. The number of carbonyl (C=O) groups excluding carboxylic acids is 2. The molecule has 1 fully saturated rings. The number of thiophene rings is 1. The maximum absolute atomic E-state index is 12.5. The second-order valence-electron chi connectivity index (χ2n) is 4.93. The number of rotatable bonds is 1. The zero-order valence-corrected chi connectivity index (χ0v) is 13.1. The number of carbonyl (C=O) groups is 2. The van der Waals surface area contributed by atoms with Gasteiger partial charge in [0.2, 0.25) is 5.91 Å². The number of nitrogens with two attached hydrogens (primary N) is 1. The first-order valence-corrected chi connectivity index (χ1v) is 7.68. The summed E-state index contributed by atoms with van der Waals surface area (Å²) in [5.41, 5.74) is 6.38. The maximum Gasteiger partial charge on any atom is 0.264 e. The molecule has 0 aromatic carbocycles. The molecule has 0 radical (unpaired) electrons. The van der Waals surface area contributed by atoms with Crippen LogP contribution in [-0.4, -0.2) is 54.3 Å². The summed E-state index contributed by atoms with van der Waals surface area (Å²) in [5.74, 6) is 5.89. The highest BCUT2D eigenvalue weighted by molar-refractivity contribution is 7.14. The Morgan fingerprint density at radius 1 is 1.29 bits per heavy atom. The van der Waals surface area contributed by atoms with E-state index in [2.05, 4.69) is 11.8 Å². The van der Waals surface area contributed by atoms with Gasteiger partial charge in [-0.3, -0.25) is 9.59 Å². The van der Waals surface area contributed by atoms with E-state index in [4.69, 9.17) is 5.73 Å². The van der Waals surface area contributed by atoms with Gasteiger partial charge in [0.25, 0.3) is 5.91 Å². The van der Waals surface area contributed by atoms with Gasteiger partial charge in [-0.2, -0.15) is 0 Å². The molecule has 21 heavy (non-hydrogen) atoms. The van der Waals surface area contributed by atoms with Crippen molar-refractivity contribution in [1.29, 1.82) is 0 Å². The van der Waals surface area contributed by atoms with Crippen LogP contribution < -0.4 is 5.73 Å². The third kappa shape index (κ3) is 3.63. The molecule has 1 aromatic heterocycles. The molecule has 0 spiro atoms. The summed E-state index contributed by atoms with van der Waals surface area (Å²) in [6, 6.07) is 1.88. The van der Waals surface area contributed by atoms with E-state index >= 15 is 0 Å². The molecule has 2 amide bonds. The van der Waals surface area contributed by atoms with Gasteiger partial charge in [0, 0.05) is 33.1 Å². The summed E-state index contributed by atoms with van der Waals surface area (Å²) < 4.78 is 0. The van der Waals surface area contributed by atoms with Crippen LogP contribution in [0.5, 0.6) is 0 Å². The lowest BCUT2D eigenvalue weighted by Gasteiger charge is -2.33. The molecule has 0 unspecified atom stereocenters. The van der Waals surface area contributed by atoms with Crippen molar-refractivity contribution in [2.24, 2.45) is 5.73 Å². The van der Waals surface area contributed by atoms with Crippen LogP contribution in [0.3, 0.4) is 0 Å². The molecule has 2 N–H and O–H groups in total. The number of hydrogen-bond acceptors (Lipinski definition) is 4. The Morgan fingerprint density at radius 2 is 1.90 bits per heavy atom. The molecule has 2 heterocycles. The highest BCUT2D eigenvalue weighted by Gasteiger charge is 2.24. The van der Waals surface area contributed by atoms with Crippen molar-refractivity contribution in [3.63, 3.8) is 0 Å². The number of amides is 2. The zero-order chi connectivity index (χ0) is 15.4. The van der Waals surface area contributed by atoms with E-state index in [0.29, 0.717) is 37.6 Å². The molecule has 0 saturated carbocycles. The molecular weight excluding hydrogens is 286 g/mol. The minimum atomic E-state index is 0.0205. The summed E-state index contributed by atoms with van der Waals surface area (Å²) in [7, 11) is 0. The van der Waals surface area contributed by atoms with Crippen LogP contribution in [0.1, 0.15) is 27.0 Å². The number of nitrogens with zero attached hydrogens (tertiary/aromatic N) is 2. The van der Waals surface area contributed by atoms with Crippen LogP contribution in [0, 0.1) is 18.8 Å². The van der Waals surface area contributed by atoms with Gasteiger partial charge in [0.1, 0.15) is 0 Å². The van der Waals surface area contributed by atoms with Gasteiger partial charge >= 0.3 is 0 Å². The van der Waals surface area contributed by atoms with Crippen molar-refractivity contribution >= 4 is 23.2 Å². The van der Waals surface area contributed by atoms with E-state index in [-0.39, 0.29) is 11.8 Å².